The van der Waals surface area contributed by atoms with Crippen LogP contribution in [-0.4, -0.2) is 35.9 Å². The molecule has 1 rings (SSSR count). The highest BCUT2D eigenvalue weighted by Crippen LogP contribution is 2.38. The lowest BCUT2D eigenvalue weighted by molar-refractivity contribution is -0.921. The van der Waals surface area contributed by atoms with Crippen LogP contribution in [0, 0.1) is 11.1 Å². The van der Waals surface area contributed by atoms with E-state index < -0.39 is 11.5 Å². The standard InChI is InChI=1S/C12H21NO3/c1-6-11(14)16-10-7-8-13(5,15)12(3,4)9(10)2/h6,9-10H,1,7-8H2,2-5H3. The van der Waals surface area contributed by atoms with Crippen molar-refractivity contribution in [3.05, 3.63) is 17.9 Å². The van der Waals surface area contributed by atoms with Gasteiger partial charge in [-0.15, -0.1) is 0 Å². The molecule has 0 N–H and O–H groups in total. The average Bonchev–Trinajstić information content (AvgIpc) is 2.20. The molecule has 16 heavy (non-hydrogen) atoms. The number of esters is 1. The summed E-state index contributed by atoms with van der Waals surface area (Å²) in [5.74, 6) is -0.373. The Bertz CT molecular complexity index is 297. The third kappa shape index (κ3) is 2.13. The van der Waals surface area contributed by atoms with Crippen LogP contribution in [0.3, 0.4) is 0 Å². The molecule has 3 atom stereocenters. The molecule has 3 unspecified atom stereocenters. The largest absolute Gasteiger partial charge is 0.633 e. The predicted molar refractivity (Wildman–Crippen MR) is 62.4 cm³/mol. The van der Waals surface area contributed by atoms with E-state index in [1.165, 1.54) is 6.08 Å². The van der Waals surface area contributed by atoms with Gasteiger partial charge < -0.3 is 14.6 Å². The van der Waals surface area contributed by atoms with Crippen molar-refractivity contribution in [2.24, 2.45) is 5.92 Å². The van der Waals surface area contributed by atoms with E-state index in [9.17, 15) is 10.0 Å². The molecule has 92 valence electrons. The van der Waals surface area contributed by atoms with Gasteiger partial charge in [-0.3, -0.25) is 0 Å². The van der Waals surface area contributed by atoms with Crippen molar-refractivity contribution in [2.75, 3.05) is 13.6 Å². The highest BCUT2D eigenvalue weighted by molar-refractivity contribution is 5.81. The molecular formula is C12H21NO3. The normalized spacial score (nSPS) is 37.8. The Morgan fingerprint density at radius 1 is 1.62 bits per heavy atom. The van der Waals surface area contributed by atoms with Crippen LogP contribution >= 0.6 is 0 Å². The number of hydrogen-bond acceptors (Lipinski definition) is 3. The zero-order chi connectivity index (χ0) is 12.6. The van der Waals surface area contributed by atoms with E-state index in [4.69, 9.17) is 4.74 Å². The van der Waals surface area contributed by atoms with Crippen molar-refractivity contribution < 1.29 is 14.2 Å². The second-order valence-corrected chi connectivity index (χ2v) is 5.23. The van der Waals surface area contributed by atoms with Crippen molar-refractivity contribution in [2.45, 2.75) is 38.8 Å². The number of ether oxygens (including phenoxy) is 1. The topological polar surface area (TPSA) is 49.4 Å². The maximum absolute atomic E-state index is 12.3. The van der Waals surface area contributed by atoms with Crippen LogP contribution in [0.2, 0.25) is 0 Å². The first-order valence-corrected chi connectivity index (χ1v) is 5.62. The van der Waals surface area contributed by atoms with E-state index in [1.807, 2.05) is 20.8 Å². The molecule has 0 radical (unpaired) electrons. The minimum Gasteiger partial charge on any atom is -0.633 e. The molecule has 0 spiro atoms. The summed E-state index contributed by atoms with van der Waals surface area (Å²) in [5, 5.41) is 12.3. The lowest BCUT2D eigenvalue weighted by Gasteiger charge is -2.58. The zero-order valence-corrected chi connectivity index (χ0v) is 10.5. The van der Waals surface area contributed by atoms with E-state index in [0.717, 1.165) is 0 Å². The third-order valence-corrected chi connectivity index (χ3v) is 4.17. The Balaban J connectivity index is 2.80. The van der Waals surface area contributed by atoms with Crippen LogP contribution in [-0.2, 0) is 9.53 Å². The van der Waals surface area contributed by atoms with Gasteiger partial charge in [0.1, 0.15) is 6.10 Å². The molecule has 4 heteroatoms. The summed E-state index contributed by atoms with van der Waals surface area (Å²) < 4.78 is 4.99. The van der Waals surface area contributed by atoms with Crippen molar-refractivity contribution in [1.29, 1.82) is 0 Å². The molecule has 0 amide bonds. The monoisotopic (exact) mass is 227 g/mol. The summed E-state index contributed by atoms with van der Waals surface area (Å²) in [6.07, 6.45) is 1.60. The van der Waals surface area contributed by atoms with Gasteiger partial charge in [0.2, 0.25) is 0 Å². The van der Waals surface area contributed by atoms with Crippen molar-refractivity contribution >= 4 is 5.97 Å². The summed E-state index contributed by atoms with van der Waals surface area (Å²) >= 11 is 0. The Hall–Kier alpha value is -0.870. The SMILES string of the molecule is C=CC(=O)OC1CC[N+](C)([O-])C(C)(C)C1C. The summed E-state index contributed by atoms with van der Waals surface area (Å²) in [6.45, 7) is 9.68. The molecule has 1 aliphatic rings. The molecule has 0 aromatic heterocycles. The van der Waals surface area contributed by atoms with E-state index >= 15 is 0 Å². The third-order valence-electron chi connectivity index (χ3n) is 4.17. The summed E-state index contributed by atoms with van der Waals surface area (Å²) in [6, 6.07) is 0. The highest BCUT2D eigenvalue weighted by atomic mass is 16.6. The lowest BCUT2D eigenvalue weighted by Crippen LogP contribution is -2.65. The molecule has 0 aromatic carbocycles. The second kappa shape index (κ2) is 4.18. The van der Waals surface area contributed by atoms with Gasteiger partial charge in [-0.05, 0) is 13.8 Å². The number of carbonyl (C=O) groups excluding carboxylic acids is 1. The Morgan fingerprint density at radius 2 is 2.19 bits per heavy atom. The summed E-state index contributed by atoms with van der Waals surface area (Å²) in [7, 11) is 1.68. The van der Waals surface area contributed by atoms with E-state index in [0.29, 0.717) is 13.0 Å². The molecule has 0 aliphatic carbocycles. The van der Waals surface area contributed by atoms with Crippen LogP contribution in [0.4, 0.5) is 0 Å². The number of rotatable bonds is 2. The fourth-order valence-corrected chi connectivity index (χ4v) is 2.16. The van der Waals surface area contributed by atoms with Gasteiger partial charge in [-0.2, -0.15) is 0 Å². The van der Waals surface area contributed by atoms with Gasteiger partial charge in [-0.1, -0.05) is 13.5 Å². The molecule has 0 aromatic rings. The van der Waals surface area contributed by atoms with Gasteiger partial charge in [0.05, 0.1) is 19.1 Å². The van der Waals surface area contributed by atoms with Crippen LogP contribution in [0.15, 0.2) is 12.7 Å². The number of hydrogen-bond donors (Lipinski definition) is 0. The minimum atomic E-state index is -0.440. The highest BCUT2D eigenvalue weighted by Gasteiger charge is 2.48. The Labute approximate surface area is 97.1 Å². The second-order valence-electron chi connectivity index (χ2n) is 5.23. The van der Waals surface area contributed by atoms with Crippen LogP contribution in [0.1, 0.15) is 27.2 Å². The van der Waals surface area contributed by atoms with Crippen LogP contribution in [0.25, 0.3) is 0 Å². The fraction of sp³-hybridized carbons (Fsp3) is 0.750. The first kappa shape index (κ1) is 13.2. The molecule has 1 aliphatic heterocycles. The lowest BCUT2D eigenvalue weighted by atomic mass is 9.78. The van der Waals surface area contributed by atoms with Gasteiger partial charge in [-0.25, -0.2) is 4.79 Å². The zero-order valence-electron chi connectivity index (χ0n) is 10.5. The number of hydroxylamine groups is 3. The Morgan fingerprint density at radius 3 is 2.69 bits per heavy atom. The van der Waals surface area contributed by atoms with E-state index in [1.54, 1.807) is 7.05 Å². The first-order chi connectivity index (χ1) is 7.22. The van der Waals surface area contributed by atoms with Crippen molar-refractivity contribution in [1.82, 2.24) is 0 Å². The van der Waals surface area contributed by atoms with E-state index in [2.05, 4.69) is 6.58 Å². The van der Waals surface area contributed by atoms with Gasteiger partial charge in [0, 0.05) is 18.4 Å². The molecule has 1 saturated heterocycles. The Kier molecular flexibility index (Phi) is 3.45. The van der Waals surface area contributed by atoms with Crippen LogP contribution in [0.5, 0.6) is 0 Å². The maximum Gasteiger partial charge on any atom is 0.330 e. The van der Waals surface area contributed by atoms with Crippen molar-refractivity contribution in [3.8, 4) is 0 Å². The first-order valence-electron chi connectivity index (χ1n) is 5.62. The average molecular weight is 227 g/mol. The molecule has 1 fully saturated rings. The minimum absolute atomic E-state index is 0.0349. The molecule has 0 saturated carbocycles. The van der Waals surface area contributed by atoms with Gasteiger partial charge >= 0.3 is 5.97 Å². The summed E-state index contributed by atoms with van der Waals surface area (Å²) in [4.78, 5) is 11.2. The van der Waals surface area contributed by atoms with Gasteiger partial charge in [0.25, 0.3) is 0 Å². The fourth-order valence-electron chi connectivity index (χ4n) is 2.16. The molecule has 1 heterocycles. The molecular weight excluding hydrogens is 206 g/mol. The number of piperidine rings is 1. The van der Waals surface area contributed by atoms with Crippen LogP contribution < -0.4 is 0 Å². The predicted octanol–water partition coefficient (Wildman–Crippen LogP) is 1.85. The van der Waals surface area contributed by atoms with E-state index in [-0.39, 0.29) is 16.7 Å². The van der Waals surface area contributed by atoms with Gasteiger partial charge in [0.15, 0.2) is 0 Å². The smallest absolute Gasteiger partial charge is 0.330 e. The number of nitrogens with zero attached hydrogens (tertiary/aromatic N) is 1. The number of quaternary nitrogens is 1. The molecule has 0 bridgehead atoms. The molecule has 4 nitrogen and oxygen atoms in total. The number of likely N-dealkylation sites (tertiary alicyclic amines) is 1. The summed E-state index contributed by atoms with van der Waals surface area (Å²) in [5.41, 5.74) is -0.440. The quantitative estimate of drug-likeness (QED) is 0.313. The maximum atomic E-state index is 12.3. The number of carbonyl (C=O) groups is 1. The van der Waals surface area contributed by atoms with Crippen molar-refractivity contribution in [3.63, 3.8) is 0 Å².